The largest absolute Gasteiger partial charge is 0.359 e. The van der Waals surface area contributed by atoms with Crippen LogP contribution in [0.15, 0.2) is 12.1 Å². The molecule has 0 aromatic carbocycles. The molecule has 0 saturated heterocycles. The van der Waals surface area contributed by atoms with Crippen molar-refractivity contribution in [2.24, 2.45) is 0 Å². The molecule has 1 rings (SSSR count). The summed E-state index contributed by atoms with van der Waals surface area (Å²) in [6.07, 6.45) is 4.18. The van der Waals surface area contributed by atoms with Crippen LogP contribution in [0.4, 0.5) is 0 Å². The zero-order valence-corrected chi connectivity index (χ0v) is 8.40. The Bertz CT molecular complexity index is 261. The third-order valence-electron chi connectivity index (χ3n) is 1.56. The van der Waals surface area contributed by atoms with Crippen molar-refractivity contribution >= 4 is 22.0 Å². The molecule has 0 amide bonds. The van der Waals surface area contributed by atoms with E-state index in [-0.39, 0.29) is 0 Å². The summed E-state index contributed by atoms with van der Waals surface area (Å²) in [6.45, 7) is 4.18. The van der Waals surface area contributed by atoms with Crippen LogP contribution in [0.25, 0.3) is 6.08 Å². The number of nitrogens with one attached hydrogen (secondary N) is 1. The molecule has 0 aliphatic heterocycles. The van der Waals surface area contributed by atoms with Gasteiger partial charge in [0, 0.05) is 16.7 Å². The normalized spacial score (nSPS) is 11.2. The molecular weight excluding hydrogens is 202 g/mol. The van der Waals surface area contributed by atoms with Gasteiger partial charge < -0.3 is 4.98 Å². The van der Waals surface area contributed by atoms with Gasteiger partial charge in [0.25, 0.3) is 0 Å². The molecule has 0 bridgehead atoms. The van der Waals surface area contributed by atoms with E-state index >= 15 is 0 Å². The highest BCUT2D eigenvalue weighted by molar-refractivity contribution is 9.09. The summed E-state index contributed by atoms with van der Waals surface area (Å²) in [5.74, 6) is 0. The molecule has 0 atom stereocenters. The van der Waals surface area contributed by atoms with Gasteiger partial charge in [-0.05, 0) is 31.6 Å². The number of aromatic amines is 1. The SMILES string of the molecule is Cc1cc(C)c(C=CCBr)[nH]1. The summed E-state index contributed by atoms with van der Waals surface area (Å²) < 4.78 is 0. The molecule has 2 heteroatoms. The third-order valence-corrected chi connectivity index (χ3v) is 1.94. The minimum Gasteiger partial charge on any atom is -0.359 e. The van der Waals surface area contributed by atoms with E-state index in [1.165, 1.54) is 17.0 Å². The van der Waals surface area contributed by atoms with Gasteiger partial charge in [0.05, 0.1) is 0 Å². The predicted molar refractivity (Wildman–Crippen MR) is 53.1 cm³/mol. The Morgan fingerprint density at radius 1 is 1.55 bits per heavy atom. The van der Waals surface area contributed by atoms with Gasteiger partial charge in [0.15, 0.2) is 0 Å². The number of hydrogen-bond acceptors (Lipinski definition) is 0. The van der Waals surface area contributed by atoms with Gasteiger partial charge in [-0.15, -0.1) is 0 Å². The first-order valence-electron chi connectivity index (χ1n) is 3.62. The molecule has 0 radical (unpaired) electrons. The molecule has 1 aromatic heterocycles. The summed E-state index contributed by atoms with van der Waals surface area (Å²) in [5.41, 5.74) is 3.73. The van der Waals surface area contributed by atoms with E-state index < -0.39 is 0 Å². The molecule has 0 aliphatic carbocycles. The lowest BCUT2D eigenvalue weighted by Gasteiger charge is -1.88. The van der Waals surface area contributed by atoms with Gasteiger partial charge in [0.1, 0.15) is 0 Å². The lowest BCUT2D eigenvalue weighted by Crippen LogP contribution is -1.74. The van der Waals surface area contributed by atoms with Crippen LogP contribution in [0, 0.1) is 13.8 Å². The topological polar surface area (TPSA) is 15.8 Å². The fraction of sp³-hybridized carbons (Fsp3) is 0.333. The van der Waals surface area contributed by atoms with Crippen molar-refractivity contribution in [3.8, 4) is 0 Å². The highest BCUT2D eigenvalue weighted by Crippen LogP contribution is 2.10. The highest BCUT2D eigenvalue weighted by atomic mass is 79.9. The Morgan fingerprint density at radius 2 is 2.27 bits per heavy atom. The number of aryl methyl sites for hydroxylation is 2. The van der Waals surface area contributed by atoms with Crippen LogP contribution in [-0.2, 0) is 0 Å². The maximum Gasteiger partial charge on any atom is 0.0409 e. The number of allylic oxidation sites excluding steroid dienone is 1. The number of halogens is 1. The Balaban J connectivity index is 2.85. The van der Waals surface area contributed by atoms with E-state index in [4.69, 9.17) is 0 Å². The number of rotatable bonds is 2. The molecule has 1 N–H and O–H groups in total. The Kier molecular flexibility index (Phi) is 2.94. The maximum atomic E-state index is 3.34. The van der Waals surface area contributed by atoms with Crippen molar-refractivity contribution in [3.05, 3.63) is 29.1 Å². The van der Waals surface area contributed by atoms with Crippen LogP contribution in [0.2, 0.25) is 0 Å². The first-order valence-corrected chi connectivity index (χ1v) is 4.75. The average molecular weight is 214 g/mol. The van der Waals surface area contributed by atoms with Crippen molar-refractivity contribution in [1.29, 1.82) is 0 Å². The van der Waals surface area contributed by atoms with Crippen LogP contribution in [0.5, 0.6) is 0 Å². The van der Waals surface area contributed by atoms with Crippen LogP contribution in [-0.4, -0.2) is 10.3 Å². The minimum absolute atomic E-state index is 0.907. The maximum absolute atomic E-state index is 3.34. The van der Waals surface area contributed by atoms with Crippen molar-refractivity contribution < 1.29 is 0 Å². The molecule has 1 heterocycles. The molecule has 0 aliphatic rings. The second-order valence-electron chi connectivity index (χ2n) is 2.61. The average Bonchev–Trinajstić information content (AvgIpc) is 2.26. The molecule has 1 aromatic rings. The van der Waals surface area contributed by atoms with E-state index in [0.29, 0.717) is 0 Å². The predicted octanol–water partition coefficient (Wildman–Crippen LogP) is 3.04. The molecular formula is C9H12BrN. The van der Waals surface area contributed by atoms with Gasteiger partial charge in [-0.25, -0.2) is 0 Å². The van der Waals surface area contributed by atoms with Crippen LogP contribution < -0.4 is 0 Å². The molecule has 11 heavy (non-hydrogen) atoms. The van der Waals surface area contributed by atoms with Crippen LogP contribution in [0.3, 0.4) is 0 Å². The van der Waals surface area contributed by atoms with E-state index in [2.05, 4.69) is 53.0 Å². The summed E-state index contributed by atoms with van der Waals surface area (Å²) >= 11 is 3.34. The van der Waals surface area contributed by atoms with E-state index in [9.17, 15) is 0 Å². The highest BCUT2D eigenvalue weighted by Gasteiger charge is 1.95. The number of aromatic nitrogens is 1. The zero-order valence-electron chi connectivity index (χ0n) is 6.82. The fourth-order valence-corrected chi connectivity index (χ4v) is 1.27. The first kappa shape index (κ1) is 8.60. The van der Waals surface area contributed by atoms with Gasteiger partial charge >= 0.3 is 0 Å². The van der Waals surface area contributed by atoms with Gasteiger partial charge in [-0.1, -0.05) is 22.0 Å². The lowest BCUT2D eigenvalue weighted by molar-refractivity contribution is 1.24. The first-order chi connectivity index (χ1) is 5.24. The van der Waals surface area contributed by atoms with E-state index in [1.807, 2.05) is 0 Å². The summed E-state index contributed by atoms with van der Waals surface area (Å²) in [5, 5.41) is 0.907. The second kappa shape index (κ2) is 3.77. The smallest absolute Gasteiger partial charge is 0.0409 e. The van der Waals surface area contributed by atoms with E-state index in [1.54, 1.807) is 0 Å². The summed E-state index contributed by atoms with van der Waals surface area (Å²) in [4.78, 5) is 3.27. The monoisotopic (exact) mass is 213 g/mol. The van der Waals surface area contributed by atoms with Gasteiger partial charge in [-0.3, -0.25) is 0 Å². The Labute approximate surface area is 75.6 Å². The van der Waals surface area contributed by atoms with Crippen molar-refractivity contribution in [2.45, 2.75) is 13.8 Å². The summed E-state index contributed by atoms with van der Waals surface area (Å²) in [6, 6.07) is 2.15. The van der Waals surface area contributed by atoms with Gasteiger partial charge in [0.2, 0.25) is 0 Å². The third kappa shape index (κ3) is 2.22. The summed E-state index contributed by atoms with van der Waals surface area (Å²) in [7, 11) is 0. The molecule has 0 fully saturated rings. The molecule has 0 spiro atoms. The molecule has 1 nitrogen and oxygen atoms in total. The Hall–Kier alpha value is -0.500. The van der Waals surface area contributed by atoms with Crippen molar-refractivity contribution in [3.63, 3.8) is 0 Å². The minimum atomic E-state index is 0.907. The standard InChI is InChI=1S/C9H12BrN/c1-7-6-8(2)11-9(7)4-3-5-10/h3-4,6,11H,5H2,1-2H3. The fourth-order valence-electron chi connectivity index (χ4n) is 1.09. The van der Waals surface area contributed by atoms with Crippen molar-refractivity contribution in [1.82, 2.24) is 4.98 Å². The van der Waals surface area contributed by atoms with Crippen LogP contribution >= 0.6 is 15.9 Å². The zero-order chi connectivity index (χ0) is 8.27. The second-order valence-corrected chi connectivity index (χ2v) is 3.25. The number of alkyl halides is 1. The number of H-pyrrole nitrogens is 1. The van der Waals surface area contributed by atoms with Gasteiger partial charge in [-0.2, -0.15) is 0 Å². The van der Waals surface area contributed by atoms with Crippen molar-refractivity contribution in [2.75, 3.05) is 5.33 Å². The Morgan fingerprint density at radius 3 is 2.73 bits per heavy atom. The van der Waals surface area contributed by atoms with Crippen LogP contribution in [0.1, 0.15) is 17.0 Å². The quantitative estimate of drug-likeness (QED) is 0.728. The molecule has 0 unspecified atom stereocenters. The molecule has 0 saturated carbocycles. The van der Waals surface area contributed by atoms with E-state index in [0.717, 1.165) is 5.33 Å². The lowest BCUT2D eigenvalue weighted by atomic mass is 10.2. The molecule has 60 valence electrons. The number of hydrogen-bond donors (Lipinski definition) is 1.